The molecule has 0 spiro atoms. The quantitative estimate of drug-likeness (QED) is 0.161. The van der Waals surface area contributed by atoms with Gasteiger partial charge >= 0.3 is 0 Å². The molecular weight excluding hydrogens is 607 g/mol. The molecule has 0 aliphatic carbocycles. The van der Waals surface area contributed by atoms with Crippen LogP contribution in [0.15, 0.2) is 199 Å². The maximum absolute atomic E-state index is 6.69. The van der Waals surface area contributed by atoms with Crippen LogP contribution in [0.25, 0.3) is 71.0 Å². The largest absolute Gasteiger partial charge is 0.455 e. The molecule has 236 valence electrons. The lowest BCUT2D eigenvalue weighted by atomic mass is 9.99. The minimum absolute atomic E-state index is 0.887. The first kappa shape index (κ1) is 29.5. The van der Waals surface area contributed by atoms with Gasteiger partial charge in [0, 0.05) is 33.8 Å². The second-order valence-corrected chi connectivity index (χ2v) is 12.6. The topological polar surface area (TPSA) is 16.4 Å². The van der Waals surface area contributed by atoms with Crippen molar-refractivity contribution in [2.75, 3.05) is 4.90 Å². The van der Waals surface area contributed by atoms with Gasteiger partial charge in [-0.25, -0.2) is 0 Å². The van der Waals surface area contributed by atoms with Gasteiger partial charge in [-0.15, -0.1) is 0 Å². The summed E-state index contributed by atoms with van der Waals surface area (Å²) in [5, 5.41) is 9.44. The number of benzene rings is 8. The van der Waals surface area contributed by atoms with Gasteiger partial charge in [0.05, 0.1) is 5.69 Å². The van der Waals surface area contributed by atoms with Crippen LogP contribution in [0.4, 0.5) is 11.4 Å². The van der Waals surface area contributed by atoms with Gasteiger partial charge < -0.3 is 9.32 Å². The first-order chi connectivity index (χ1) is 24.7. The predicted molar refractivity (Wildman–Crippen MR) is 214 cm³/mol. The summed E-state index contributed by atoms with van der Waals surface area (Å²) >= 11 is 0. The van der Waals surface area contributed by atoms with E-state index >= 15 is 0 Å². The molecule has 0 aliphatic heterocycles. The third-order valence-corrected chi connectivity index (χ3v) is 9.64. The number of allylic oxidation sites excluding steroid dienone is 4. The van der Waals surface area contributed by atoms with E-state index in [-0.39, 0.29) is 0 Å². The van der Waals surface area contributed by atoms with Gasteiger partial charge in [-0.3, -0.25) is 0 Å². The first-order valence-electron chi connectivity index (χ1n) is 17.0. The number of hydrogen-bond donors (Lipinski definition) is 0. The van der Waals surface area contributed by atoms with Gasteiger partial charge in [0.2, 0.25) is 0 Å². The van der Waals surface area contributed by atoms with Gasteiger partial charge in [0.15, 0.2) is 0 Å². The van der Waals surface area contributed by atoms with E-state index in [0.29, 0.717) is 0 Å². The van der Waals surface area contributed by atoms with E-state index in [9.17, 15) is 0 Å². The van der Waals surface area contributed by atoms with E-state index in [2.05, 4.69) is 194 Å². The smallest absolute Gasteiger partial charge is 0.143 e. The lowest BCUT2D eigenvalue weighted by molar-refractivity contribution is 0.670. The first-order valence-corrected chi connectivity index (χ1v) is 17.0. The Morgan fingerprint density at radius 3 is 1.90 bits per heavy atom. The third kappa shape index (κ3) is 5.24. The molecule has 0 saturated heterocycles. The Hall–Kier alpha value is -6.64. The molecule has 8 aromatic carbocycles. The summed E-state index contributed by atoms with van der Waals surface area (Å²) in [6, 6.07) is 58.1. The molecular formula is C48H33NO. The molecule has 0 N–H and O–H groups in total. The molecule has 9 rings (SSSR count). The molecule has 0 amide bonds. The Labute approximate surface area is 291 Å². The Morgan fingerprint density at radius 2 is 1.14 bits per heavy atom. The molecule has 2 heteroatoms. The van der Waals surface area contributed by atoms with E-state index in [4.69, 9.17) is 4.42 Å². The predicted octanol–water partition coefficient (Wildman–Crippen LogP) is 13.6. The summed E-state index contributed by atoms with van der Waals surface area (Å²) in [6.07, 6.45) is 8.33. The van der Waals surface area contributed by atoms with Crippen molar-refractivity contribution in [1.29, 1.82) is 0 Å². The van der Waals surface area contributed by atoms with Crippen molar-refractivity contribution in [3.63, 3.8) is 0 Å². The zero-order valence-electron chi connectivity index (χ0n) is 27.5. The summed E-state index contributed by atoms with van der Waals surface area (Å²) in [5.74, 6) is 0. The molecule has 0 aliphatic rings. The highest BCUT2D eigenvalue weighted by Gasteiger charge is 2.18. The lowest BCUT2D eigenvalue weighted by Crippen LogP contribution is -2.09. The number of para-hydroxylation sites is 2. The average molecular weight is 640 g/mol. The van der Waals surface area contributed by atoms with E-state index in [1.165, 1.54) is 32.3 Å². The summed E-state index contributed by atoms with van der Waals surface area (Å²) in [4.78, 5) is 2.27. The molecule has 0 unspecified atom stereocenters. The van der Waals surface area contributed by atoms with Crippen molar-refractivity contribution in [3.8, 4) is 11.1 Å². The fourth-order valence-corrected chi connectivity index (χ4v) is 7.12. The van der Waals surface area contributed by atoms with Crippen LogP contribution in [0, 0.1) is 0 Å². The van der Waals surface area contributed by atoms with E-state index in [0.717, 1.165) is 55.6 Å². The maximum atomic E-state index is 6.69. The van der Waals surface area contributed by atoms with Crippen LogP contribution in [0.1, 0.15) is 5.56 Å². The molecule has 1 heterocycles. The van der Waals surface area contributed by atoms with Crippen LogP contribution in [0.3, 0.4) is 0 Å². The second-order valence-electron chi connectivity index (χ2n) is 12.6. The Kier molecular flexibility index (Phi) is 7.33. The number of furan rings is 1. The van der Waals surface area contributed by atoms with Crippen molar-refractivity contribution >= 4 is 71.2 Å². The minimum Gasteiger partial charge on any atom is -0.455 e. The SMILES string of the molecule is C=C/C(=C\C=C\N(c1ccc2ccccc2c1)c1ccccc1-c1cccc2c1oc1cc3ccccc3cc12)c1ccc2ccccc2c1. The molecule has 50 heavy (non-hydrogen) atoms. The van der Waals surface area contributed by atoms with E-state index in [1.54, 1.807) is 0 Å². The highest BCUT2D eigenvalue weighted by atomic mass is 16.3. The van der Waals surface area contributed by atoms with Gasteiger partial charge in [-0.05, 0) is 85.9 Å². The Morgan fingerprint density at radius 1 is 0.520 bits per heavy atom. The Balaban J connectivity index is 1.20. The van der Waals surface area contributed by atoms with Gasteiger partial charge in [0.25, 0.3) is 0 Å². The molecule has 0 saturated carbocycles. The monoisotopic (exact) mass is 639 g/mol. The molecule has 0 fully saturated rings. The molecule has 0 atom stereocenters. The third-order valence-electron chi connectivity index (χ3n) is 9.64. The molecule has 9 aromatic rings. The van der Waals surface area contributed by atoms with E-state index < -0.39 is 0 Å². The van der Waals surface area contributed by atoms with Crippen LogP contribution in [-0.4, -0.2) is 0 Å². The molecule has 0 bridgehead atoms. The van der Waals surface area contributed by atoms with Crippen LogP contribution in [0.2, 0.25) is 0 Å². The van der Waals surface area contributed by atoms with Crippen molar-refractivity contribution in [2.24, 2.45) is 0 Å². The number of hydrogen-bond acceptors (Lipinski definition) is 2. The fraction of sp³-hybridized carbons (Fsp3) is 0. The van der Waals surface area contributed by atoms with Gasteiger partial charge in [-0.2, -0.15) is 0 Å². The lowest BCUT2D eigenvalue weighted by Gasteiger charge is -2.24. The number of fused-ring (bicyclic) bond motifs is 6. The van der Waals surface area contributed by atoms with Crippen LogP contribution in [0.5, 0.6) is 0 Å². The van der Waals surface area contributed by atoms with Gasteiger partial charge in [-0.1, -0.05) is 146 Å². The van der Waals surface area contributed by atoms with E-state index in [1.807, 2.05) is 6.08 Å². The average Bonchev–Trinajstić information content (AvgIpc) is 3.54. The zero-order valence-corrected chi connectivity index (χ0v) is 27.5. The van der Waals surface area contributed by atoms with Gasteiger partial charge in [0.1, 0.15) is 11.2 Å². The van der Waals surface area contributed by atoms with Crippen molar-refractivity contribution in [1.82, 2.24) is 0 Å². The number of rotatable bonds is 7. The molecule has 1 aromatic heterocycles. The highest BCUT2D eigenvalue weighted by molar-refractivity contribution is 6.14. The van der Waals surface area contributed by atoms with Crippen LogP contribution < -0.4 is 4.90 Å². The highest BCUT2D eigenvalue weighted by Crippen LogP contribution is 2.42. The summed E-state index contributed by atoms with van der Waals surface area (Å²) in [7, 11) is 0. The molecule has 0 radical (unpaired) electrons. The maximum Gasteiger partial charge on any atom is 0.143 e. The normalized spacial score (nSPS) is 12.1. The minimum atomic E-state index is 0.887. The summed E-state index contributed by atoms with van der Waals surface area (Å²) < 4.78 is 6.69. The number of anilines is 2. The van der Waals surface area contributed by atoms with Crippen LogP contribution in [-0.2, 0) is 0 Å². The van der Waals surface area contributed by atoms with Crippen LogP contribution >= 0.6 is 0 Å². The zero-order chi connectivity index (χ0) is 33.4. The van der Waals surface area contributed by atoms with Crippen molar-refractivity contribution in [2.45, 2.75) is 0 Å². The second kappa shape index (κ2) is 12.4. The Bertz CT molecular complexity index is 2800. The number of nitrogens with zero attached hydrogens (tertiary/aromatic N) is 1. The summed E-state index contributed by atoms with van der Waals surface area (Å²) in [6.45, 7) is 4.16. The summed E-state index contributed by atoms with van der Waals surface area (Å²) in [5.41, 5.74) is 8.22. The molecule has 2 nitrogen and oxygen atoms in total. The van der Waals surface area contributed by atoms with Crippen molar-refractivity contribution < 1.29 is 4.42 Å². The van der Waals surface area contributed by atoms with Crippen molar-refractivity contribution in [3.05, 3.63) is 200 Å². The standard InChI is InChI=1S/C48H33NO/c1-2-33(40-25-24-34-13-3-5-15-36(34)29-40)19-12-28-49(41-27-26-35-14-4-6-16-37(35)30-41)46-23-10-9-20-42(46)43-21-11-22-44-45-31-38-17-7-8-18-39(38)32-47(45)50-48(43)44/h2-32H,1H2/b28-12+,33-19+. The fourth-order valence-electron chi connectivity index (χ4n) is 7.12.